The monoisotopic (exact) mass is 377 g/mol. The largest absolute Gasteiger partial charge is 0.493 e. The number of carbonyl (C=O) groups is 1. The predicted octanol–water partition coefficient (Wildman–Crippen LogP) is 3.57. The van der Waals surface area contributed by atoms with Gasteiger partial charge in [-0.3, -0.25) is 0 Å². The zero-order valence-electron chi connectivity index (χ0n) is 16.7. The Morgan fingerprint density at radius 3 is 2.56 bits per heavy atom. The van der Waals surface area contributed by atoms with Gasteiger partial charge < -0.3 is 24.2 Å². The van der Waals surface area contributed by atoms with Crippen LogP contribution in [-0.4, -0.2) is 55.6 Å². The van der Waals surface area contributed by atoms with Gasteiger partial charge in [-0.25, -0.2) is 4.79 Å². The molecule has 150 valence electrons. The van der Waals surface area contributed by atoms with E-state index in [1.807, 2.05) is 25.1 Å². The van der Waals surface area contributed by atoms with Crippen LogP contribution in [0.4, 0.5) is 4.79 Å². The lowest BCUT2D eigenvalue weighted by atomic mass is 9.72. The van der Waals surface area contributed by atoms with Crippen LogP contribution < -0.4 is 9.47 Å². The second-order valence-electron chi connectivity index (χ2n) is 8.02. The molecule has 2 fully saturated rings. The van der Waals surface area contributed by atoms with Gasteiger partial charge in [0, 0.05) is 24.4 Å². The summed E-state index contributed by atoms with van der Waals surface area (Å²) in [4.78, 5) is 13.7. The zero-order chi connectivity index (χ0) is 19.6. The van der Waals surface area contributed by atoms with Gasteiger partial charge in [0.15, 0.2) is 11.5 Å². The number of aliphatic hydroxyl groups excluding tert-OH is 1. The summed E-state index contributed by atoms with van der Waals surface area (Å²) in [5.41, 5.74) is 0.575. The van der Waals surface area contributed by atoms with E-state index in [2.05, 4.69) is 0 Å². The third kappa shape index (κ3) is 3.86. The number of hydrogen-bond acceptors (Lipinski definition) is 5. The highest BCUT2D eigenvalue weighted by atomic mass is 16.5. The lowest BCUT2D eigenvalue weighted by Gasteiger charge is -2.33. The van der Waals surface area contributed by atoms with Crippen LogP contribution >= 0.6 is 0 Å². The molecule has 3 atom stereocenters. The number of methoxy groups -OCH3 is 2. The van der Waals surface area contributed by atoms with E-state index >= 15 is 0 Å². The smallest absolute Gasteiger partial charge is 0.409 e. The normalized spacial score (nSPS) is 26.9. The van der Waals surface area contributed by atoms with Crippen molar-refractivity contribution in [1.82, 2.24) is 4.90 Å². The van der Waals surface area contributed by atoms with Gasteiger partial charge in [0.2, 0.25) is 0 Å². The maximum Gasteiger partial charge on any atom is 0.409 e. The maximum absolute atomic E-state index is 12.1. The molecule has 3 rings (SSSR count). The summed E-state index contributed by atoms with van der Waals surface area (Å²) in [6.07, 6.45) is 3.83. The average molecular weight is 377 g/mol. The highest BCUT2D eigenvalue weighted by molar-refractivity contribution is 5.68. The fraction of sp³-hybridized carbons (Fsp3) is 0.667. The fourth-order valence-corrected chi connectivity index (χ4v) is 4.38. The Kier molecular flexibility index (Phi) is 5.84. The van der Waals surface area contributed by atoms with Gasteiger partial charge in [0.1, 0.15) is 0 Å². The van der Waals surface area contributed by atoms with Crippen molar-refractivity contribution >= 4 is 6.09 Å². The molecular weight excluding hydrogens is 346 g/mol. The van der Waals surface area contributed by atoms with Crippen LogP contribution in [0.15, 0.2) is 18.2 Å². The van der Waals surface area contributed by atoms with Crippen LogP contribution in [0.3, 0.4) is 0 Å². The Balaban J connectivity index is 1.91. The molecule has 27 heavy (non-hydrogen) atoms. The van der Waals surface area contributed by atoms with Crippen LogP contribution in [0.1, 0.15) is 51.0 Å². The molecule has 1 heterocycles. The minimum Gasteiger partial charge on any atom is -0.493 e. The molecule has 0 unspecified atom stereocenters. The molecular formula is C21H31NO5. The average Bonchev–Trinajstić information content (AvgIpc) is 3.29. The molecule has 1 aromatic rings. The van der Waals surface area contributed by atoms with Gasteiger partial charge in [0.25, 0.3) is 0 Å². The highest BCUT2D eigenvalue weighted by Crippen LogP contribution is 2.47. The molecule has 1 N–H and O–H groups in total. The molecule has 1 aliphatic heterocycles. The summed E-state index contributed by atoms with van der Waals surface area (Å²) < 4.78 is 16.6. The highest BCUT2D eigenvalue weighted by Gasteiger charge is 2.48. The minimum atomic E-state index is -0.571. The van der Waals surface area contributed by atoms with E-state index in [0.717, 1.165) is 24.2 Å². The van der Waals surface area contributed by atoms with E-state index in [4.69, 9.17) is 14.2 Å². The van der Waals surface area contributed by atoms with E-state index in [9.17, 15) is 9.90 Å². The third-order valence-electron chi connectivity index (χ3n) is 6.30. The summed E-state index contributed by atoms with van der Waals surface area (Å²) in [5, 5.41) is 10.5. The van der Waals surface area contributed by atoms with E-state index in [1.54, 1.807) is 18.9 Å². The number of hydrogen-bond donors (Lipinski definition) is 1. The van der Waals surface area contributed by atoms with Crippen molar-refractivity contribution in [2.45, 2.75) is 57.7 Å². The SMILES string of the molecule is COC(=O)N1C[C@H](c2ccc(OC)c(OC3CCCC3)c2)[C@@](C)([C@H](C)O)C1. The van der Waals surface area contributed by atoms with Crippen molar-refractivity contribution < 1.29 is 24.1 Å². The van der Waals surface area contributed by atoms with Crippen molar-refractivity contribution in [3.8, 4) is 11.5 Å². The van der Waals surface area contributed by atoms with E-state index in [0.29, 0.717) is 18.8 Å². The van der Waals surface area contributed by atoms with Crippen molar-refractivity contribution in [3.05, 3.63) is 23.8 Å². The van der Waals surface area contributed by atoms with Crippen molar-refractivity contribution in [1.29, 1.82) is 0 Å². The number of rotatable bonds is 5. The Morgan fingerprint density at radius 1 is 1.26 bits per heavy atom. The first-order valence-corrected chi connectivity index (χ1v) is 9.74. The Bertz CT molecular complexity index is 671. The number of aliphatic hydroxyl groups is 1. The first-order valence-electron chi connectivity index (χ1n) is 9.74. The molecule has 1 saturated heterocycles. The Labute approximate surface area is 161 Å². The van der Waals surface area contributed by atoms with Crippen LogP contribution in [0.5, 0.6) is 11.5 Å². The van der Waals surface area contributed by atoms with Gasteiger partial charge in [-0.1, -0.05) is 13.0 Å². The summed E-state index contributed by atoms with van der Waals surface area (Å²) in [6, 6.07) is 5.94. The fourth-order valence-electron chi connectivity index (χ4n) is 4.38. The number of amides is 1. The topological polar surface area (TPSA) is 68.2 Å². The molecule has 6 heteroatoms. The third-order valence-corrected chi connectivity index (χ3v) is 6.30. The van der Waals surface area contributed by atoms with Crippen molar-refractivity contribution in [3.63, 3.8) is 0 Å². The summed E-state index contributed by atoms with van der Waals surface area (Å²) in [5.74, 6) is 1.44. The van der Waals surface area contributed by atoms with Crippen molar-refractivity contribution in [2.75, 3.05) is 27.3 Å². The predicted molar refractivity (Wildman–Crippen MR) is 102 cm³/mol. The van der Waals surface area contributed by atoms with Crippen LogP contribution in [0.25, 0.3) is 0 Å². The molecule has 0 bridgehead atoms. The maximum atomic E-state index is 12.1. The Morgan fingerprint density at radius 2 is 1.96 bits per heavy atom. The summed E-state index contributed by atoms with van der Waals surface area (Å²) >= 11 is 0. The molecule has 1 aromatic carbocycles. The van der Waals surface area contributed by atoms with Crippen LogP contribution in [0.2, 0.25) is 0 Å². The van der Waals surface area contributed by atoms with E-state index < -0.39 is 11.5 Å². The molecule has 0 radical (unpaired) electrons. The first kappa shape index (κ1) is 19.8. The number of benzene rings is 1. The van der Waals surface area contributed by atoms with Gasteiger partial charge in [0.05, 0.1) is 26.4 Å². The van der Waals surface area contributed by atoms with Crippen molar-refractivity contribution in [2.24, 2.45) is 5.41 Å². The zero-order valence-corrected chi connectivity index (χ0v) is 16.7. The van der Waals surface area contributed by atoms with Gasteiger partial charge >= 0.3 is 6.09 Å². The first-order chi connectivity index (χ1) is 12.9. The molecule has 1 aliphatic carbocycles. The number of likely N-dealkylation sites (tertiary alicyclic amines) is 1. The van der Waals surface area contributed by atoms with E-state index in [1.165, 1.54) is 20.0 Å². The lowest BCUT2D eigenvalue weighted by molar-refractivity contribution is 0.0470. The second kappa shape index (κ2) is 7.97. The molecule has 1 saturated carbocycles. The lowest BCUT2D eigenvalue weighted by Crippen LogP contribution is -2.38. The van der Waals surface area contributed by atoms with Gasteiger partial charge in [-0.05, 0) is 50.3 Å². The van der Waals surface area contributed by atoms with Gasteiger partial charge in [-0.2, -0.15) is 0 Å². The summed E-state index contributed by atoms with van der Waals surface area (Å²) in [6.45, 7) is 4.76. The quantitative estimate of drug-likeness (QED) is 0.850. The summed E-state index contributed by atoms with van der Waals surface area (Å²) in [7, 11) is 3.03. The van der Waals surface area contributed by atoms with Crippen LogP contribution in [-0.2, 0) is 4.74 Å². The molecule has 0 aromatic heterocycles. The van der Waals surface area contributed by atoms with E-state index in [-0.39, 0.29) is 18.1 Å². The van der Waals surface area contributed by atoms with Crippen LogP contribution in [0, 0.1) is 5.41 Å². The second-order valence-corrected chi connectivity index (χ2v) is 8.02. The Hall–Kier alpha value is -1.95. The number of nitrogens with zero attached hydrogens (tertiary/aromatic N) is 1. The molecule has 0 spiro atoms. The standard InChI is InChI=1S/C21H31NO5/c1-14(23)21(2)13-22(20(24)26-4)12-17(21)15-9-10-18(25-3)19(11-15)27-16-7-5-6-8-16/h9-11,14,16-17,23H,5-8,12-13H2,1-4H3/t14-,17+,21+/m0/s1. The minimum absolute atomic E-state index is 0.0200. The number of carbonyl (C=O) groups excluding carboxylic acids is 1. The number of ether oxygens (including phenoxy) is 3. The van der Waals surface area contributed by atoms with Gasteiger partial charge in [-0.15, -0.1) is 0 Å². The molecule has 2 aliphatic rings. The molecule has 6 nitrogen and oxygen atoms in total. The molecule has 1 amide bonds.